The van der Waals surface area contributed by atoms with Gasteiger partial charge >= 0.3 is 5.97 Å². The minimum Gasteiger partial charge on any atom is -0.465 e. The summed E-state index contributed by atoms with van der Waals surface area (Å²) in [5.74, 6) is 1.04. The number of carbonyl (C=O) groups excluding carboxylic acids is 1. The number of imidazole rings is 1. The van der Waals surface area contributed by atoms with E-state index in [0.29, 0.717) is 11.5 Å². The molecule has 1 aromatic heterocycles. The topological polar surface area (TPSA) is 44.1 Å². The number of esters is 1. The summed E-state index contributed by atoms with van der Waals surface area (Å²) >= 11 is 0. The molecule has 0 saturated heterocycles. The first kappa shape index (κ1) is 11.6. The van der Waals surface area contributed by atoms with E-state index in [9.17, 15) is 4.79 Å². The smallest absolute Gasteiger partial charge is 0.337 e. The summed E-state index contributed by atoms with van der Waals surface area (Å²) < 4.78 is 6.75. The van der Waals surface area contributed by atoms with Crippen LogP contribution in [0.1, 0.15) is 35.9 Å². The lowest BCUT2D eigenvalue weighted by Gasteiger charge is -2.04. The minimum absolute atomic E-state index is 0.330. The van der Waals surface area contributed by atoms with Gasteiger partial charge in [0, 0.05) is 13.0 Å². The third-order valence-corrected chi connectivity index (χ3v) is 2.85. The average molecular weight is 232 g/mol. The summed E-state index contributed by atoms with van der Waals surface area (Å²) in [6, 6.07) is 5.44. The fraction of sp³-hybridized carbons (Fsp3) is 0.385. The predicted molar refractivity (Wildman–Crippen MR) is 66.1 cm³/mol. The van der Waals surface area contributed by atoms with Gasteiger partial charge in [0.25, 0.3) is 0 Å². The summed E-state index contributed by atoms with van der Waals surface area (Å²) in [6.45, 7) is 4.20. The van der Waals surface area contributed by atoms with E-state index in [0.717, 1.165) is 16.9 Å². The molecule has 4 nitrogen and oxygen atoms in total. The van der Waals surface area contributed by atoms with Gasteiger partial charge in [-0.05, 0) is 18.2 Å². The number of benzene rings is 1. The van der Waals surface area contributed by atoms with Crippen LogP contribution in [-0.2, 0) is 11.8 Å². The molecular formula is C13H16N2O2. The summed E-state index contributed by atoms with van der Waals surface area (Å²) in [7, 11) is 3.37. The number of aryl methyl sites for hydroxylation is 1. The van der Waals surface area contributed by atoms with E-state index in [1.807, 2.05) is 13.1 Å². The largest absolute Gasteiger partial charge is 0.465 e. The Bertz CT molecular complexity index is 570. The Balaban J connectivity index is 2.59. The lowest BCUT2D eigenvalue weighted by Crippen LogP contribution is -2.00. The third-order valence-electron chi connectivity index (χ3n) is 2.85. The maximum atomic E-state index is 11.4. The van der Waals surface area contributed by atoms with Gasteiger partial charge in [-0.2, -0.15) is 0 Å². The summed E-state index contributed by atoms with van der Waals surface area (Å²) in [5.41, 5.74) is 2.40. The fourth-order valence-corrected chi connectivity index (χ4v) is 1.98. The number of carbonyl (C=O) groups is 1. The first-order chi connectivity index (χ1) is 8.04. The van der Waals surface area contributed by atoms with Crippen LogP contribution in [0.2, 0.25) is 0 Å². The summed E-state index contributed by atoms with van der Waals surface area (Å²) in [6.07, 6.45) is 0. The van der Waals surface area contributed by atoms with Gasteiger partial charge in [-0.1, -0.05) is 13.8 Å². The molecule has 0 atom stereocenters. The number of methoxy groups -OCH3 is 1. The van der Waals surface area contributed by atoms with Crippen LogP contribution in [0.5, 0.6) is 0 Å². The van der Waals surface area contributed by atoms with Gasteiger partial charge in [0.15, 0.2) is 0 Å². The molecule has 0 unspecified atom stereocenters. The summed E-state index contributed by atoms with van der Waals surface area (Å²) in [4.78, 5) is 16.0. The molecule has 90 valence electrons. The van der Waals surface area contributed by atoms with E-state index in [-0.39, 0.29) is 5.97 Å². The molecule has 0 aliphatic rings. The molecule has 1 aromatic carbocycles. The molecule has 0 saturated carbocycles. The highest BCUT2D eigenvalue weighted by molar-refractivity contribution is 5.93. The Morgan fingerprint density at radius 1 is 1.41 bits per heavy atom. The SMILES string of the molecule is COC(=O)c1ccc2c(c1)nc(C(C)C)n2C. The van der Waals surface area contributed by atoms with Crippen LogP contribution in [0.4, 0.5) is 0 Å². The van der Waals surface area contributed by atoms with Gasteiger partial charge in [-0.15, -0.1) is 0 Å². The van der Waals surface area contributed by atoms with E-state index in [1.165, 1.54) is 7.11 Å². The van der Waals surface area contributed by atoms with Gasteiger partial charge in [-0.3, -0.25) is 0 Å². The zero-order valence-electron chi connectivity index (χ0n) is 10.5. The van der Waals surface area contributed by atoms with Crippen molar-refractivity contribution < 1.29 is 9.53 Å². The Hall–Kier alpha value is -1.84. The van der Waals surface area contributed by atoms with Crippen molar-refractivity contribution in [2.75, 3.05) is 7.11 Å². The maximum absolute atomic E-state index is 11.4. The monoisotopic (exact) mass is 232 g/mol. The van der Waals surface area contributed by atoms with Crippen molar-refractivity contribution in [1.29, 1.82) is 0 Å². The van der Waals surface area contributed by atoms with Crippen LogP contribution in [0, 0.1) is 0 Å². The first-order valence-corrected chi connectivity index (χ1v) is 5.59. The van der Waals surface area contributed by atoms with E-state index >= 15 is 0 Å². The molecule has 0 spiro atoms. The number of fused-ring (bicyclic) bond motifs is 1. The first-order valence-electron chi connectivity index (χ1n) is 5.59. The zero-order valence-corrected chi connectivity index (χ0v) is 10.5. The molecule has 17 heavy (non-hydrogen) atoms. The van der Waals surface area contributed by atoms with E-state index in [4.69, 9.17) is 4.74 Å². The van der Waals surface area contributed by atoms with Crippen LogP contribution in [0.3, 0.4) is 0 Å². The minimum atomic E-state index is -0.330. The molecule has 2 aromatic rings. The Kier molecular flexibility index (Phi) is 2.88. The molecule has 0 aliphatic carbocycles. The molecule has 2 rings (SSSR count). The van der Waals surface area contributed by atoms with Crippen molar-refractivity contribution in [3.63, 3.8) is 0 Å². The number of rotatable bonds is 2. The molecule has 1 heterocycles. The van der Waals surface area contributed by atoms with Gasteiger partial charge < -0.3 is 9.30 Å². The van der Waals surface area contributed by atoms with Gasteiger partial charge in [0.05, 0.1) is 23.7 Å². The van der Waals surface area contributed by atoms with Crippen LogP contribution >= 0.6 is 0 Å². The van der Waals surface area contributed by atoms with Crippen LogP contribution in [-0.4, -0.2) is 22.6 Å². The van der Waals surface area contributed by atoms with Crippen molar-refractivity contribution in [3.8, 4) is 0 Å². The van der Waals surface area contributed by atoms with Crippen LogP contribution < -0.4 is 0 Å². The number of aromatic nitrogens is 2. The Morgan fingerprint density at radius 3 is 2.71 bits per heavy atom. The second kappa shape index (κ2) is 4.20. The molecule has 0 radical (unpaired) electrons. The standard InChI is InChI=1S/C13H16N2O2/c1-8(2)12-14-10-7-9(13(16)17-4)5-6-11(10)15(12)3/h5-8H,1-4H3. The lowest BCUT2D eigenvalue weighted by atomic mass is 10.2. The maximum Gasteiger partial charge on any atom is 0.337 e. The molecule has 4 heteroatoms. The zero-order chi connectivity index (χ0) is 12.6. The Morgan fingerprint density at radius 2 is 2.12 bits per heavy atom. The predicted octanol–water partition coefficient (Wildman–Crippen LogP) is 2.48. The van der Waals surface area contributed by atoms with Crippen LogP contribution in [0.25, 0.3) is 11.0 Å². The third kappa shape index (κ3) is 1.90. The van der Waals surface area contributed by atoms with Crippen molar-refractivity contribution in [1.82, 2.24) is 9.55 Å². The number of hydrogen-bond acceptors (Lipinski definition) is 3. The van der Waals surface area contributed by atoms with Crippen LogP contribution in [0.15, 0.2) is 18.2 Å². The fourth-order valence-electron chi connectivity index (χ4n) is 1.98. The van der Waals surface area contributed by atoms with Crippen molar-refractivity contribution in [2.45, 2.75) is 19.8 Å². The molecular weight excluding hydrogens is 216 g/mol. The Labute approximate surface area is 100 Å². The highest BCUT2D eigenvalue weighted by Crippen LogP contribution is 2.21. The molecule has 0 aliphatic heterocycles. The normalized spacial score (nSPS) is 11.1. The molecule has 0 amide bonds. The second-order valence-electron chi connectivity index (χ2n) is 4.38. The van der Waals surface area contributed by atoms with Crippen molar-refractivity contribution in [2.24, 2.45) is 7.05 Å². The lowest BCUT2D eigenvalue weighted by molar-refractivity contribution is 0.0601. The number of nitrogens with zero attached hydrogens (tertiary/aromatic N) is 2. The second-order valence-corrected chi connectivity index (χ2v) is 4.38. The van der Waals surface area contributed by atoms with Crippen molar-refractivity contribution in [3.05, 3.63) is 29.6 Å². The van der Waals surface area contributed by atoms with E-state index in [1.54, 1.807) is 12.1 Å². The van der Waals surface area contributed by atoms with Gasteiger partial charge in [0.2, 0.25) is 0 Å². The average Bonchev–Trinajstić information content (AvgIpc) is 2.65. The van der Waals surface area contributed by atoms with E-state index < -0.39 is 0 Å². The molecule has 0 N–H and O–H groups in total. The highest BCUT2D eigenvalue weighted by Gasteiger charge is 2.13. The number of ether oxygens (including phenoxy) is 1. The van der Waals surface area contributed by atoms with E-state index in [2.05, 4.69) is 23.4 Å². The number of hydrogen-bond donors (Lipinski definition) is 0. The quantitative estimate of drug-likeness (QED) is 0.747. The van der Waals surface area contributed by atoms with Crippen molar-refractivity contribution >= 4 is 17.0 Å². The molecule has 0 bridgehead atoms. The summed E-state index contributed by atoms with van der Waals surface area (Å²) in [5, 5.41) is 0. The highest BCUT2D eigenvalue weighted by atomic mass is 16.5. The van der Waals surface area contributed by atoms with Gasteiger partial charge in [-0.25, -0.2) is 9.78 Å². The van der Waals surface area contributed by atoms with Gasteiger partial charge in [0.1, 0.15) is 5.82 Å². The molecule has 0 fully saturated rings.